The van der Waals surface area contributed by atoms with E-state index in [2.05, 4.69) is 0 Å². The Bertz CT molecular complexity index is 1930. The molecule has 50 heavy (non-hydrogen) atoms. The molecule has 0 aliphatic heterocycles. The minimum Gasteiger partial charge on any atom is -0.490 e. The number of rotatable bonds is 12. The van der Waals surface area contributed by atoms with Gasteiger partial charge in [-0.25, -0.2) is 9.59 Å². The van der Waals surface area contributed by atoms with Crippen LogP contribution in [0.2, 0.25) is 0 Å². The molecule has 8 heteroatoms. The summed E-state index contributed by atoms with van der Waals surface area (Å²) in [6, 6.07) is 45.0. The van der Waals surface area contributed by atoms with Gasteiger partial charge < -0.3 is 18.9 Å². The first-order chi connectivity index (χ1) is 24.1. The molecular weight excluding hydrogens is 628 g/mol. The van der Waals surface area contributed by atoms with E-state index in [0.717, 1.165) is 21.5 Å². The van der Waals surface area contributed by atoms with Crippen molar-refractivity contribution in [3.8, 4) is 11.5 Å². The second kappa shape index (κ2) is 14.8. The van der Waals surface area contributed by atoms with Crippen LogP contribution in [-0.2, 0) is 30.5 Å². The maximum Gasteiger partial charge on any atom is 0.419 e. The standard InChI is InChI=1S/C42H40N2O6/c1-29(47-37-25-13-17-31-15-9-11-23-35(31)37)27-41(43,33-19-5-3-6-20-33)49-39(45)40(46)50-42(44,34-21-7-4-8-22-34)28-30(2)48-38-26-14-18-32-16-10-12-24-36(32)38/h3-26,29-30H,27-28,43-44H2,1-2H3. The fourth-order valence-corrected chi connectivity index (χ4v) is 6.26. The van der Waals surface area contributed by atoms with Crippen LogP contribution < -0.4 is 20.9 Å². The molecule has 6 aromatic carbocycles. The van der Waals surface area contributed by atoms with Crippen LogP contribution in [0.4, 0.5) is 0 Å². The molecule has 254 valence electrons. The van der Waals surface area contributed by atoms with E-state index >= 15 is 0 Å². The molecule has 4 unspecified atom stereocenters. The summed E-state index contributed by atoms with van der Waals surface area (Å²) >= 11 is 0. The molecule has 0 saturated heterocycles. The molecule has 0 saturated carbocycles. The fraction of sp³-hybridized carbons (Fsp3) is 0.190. The molecule has 0 aliphatic carbocycles. The van der Waals surface area contributed by atoms with E-state index in [4.69, 9.17) is 30.4 Å². The van der Waals surface area contributed by atoms with Crippen LogP contribution in [0.25, 0.3) is 21.5 Å². The maximum absolute atomic E-state index is 13.6. The van der Waals surface area contributed by atoms with Gasteiger partial charge in [0.15, 0.2) is 11.4 Å². The van der Waals surface area contributed by atoms with Gasteiger partial charge in [-0.05, 0) is 36.8 Å². The molecular formula is C42H40N2O6. The van der Waals surface area contributed by atoms with Crippen molar-refractivity contribution in [1.29, 1.82) is 0 Å². The highest BCUT2D eigenvalue weighted by atomic mass is 16.6. The van der Waals surface area contributed by atoms with Crippen molar-refractivity contribution in [2.45, 2.75) is 50.3 Å². The number of ether oxygens (including phenoxy) is 4. The zero-order chi connectivity index (χ0) is 35.1. The number of hydrogen-bond acceptors (Lipinski definition) is 8. The highest BCUT2D eigenvalue weighted by Crippen LogP contribution is 2.33. The van der Waals surface area contributed by atoms with Crippen molar-refractivity contribution in [3.05, 3.63) is 157 Å². The van der Waals surface area contributed by atoms with Gasteiger partial charge in [0.05, 0.1) is 0 Å². The first-order valence-corrected chi connectivity index (χ1v) is 16.6. The number of hydrogen-bond donors (Lipinski definition) is 2. The molecule has 0 fully saturated rings. The number of carbonyl (C=O) groups is 2. The van der Waals surface area contributed by atoms with Gasteiger partial charge in [0, 0.05) is 34.7 Å². The summed E-state index contributed by atoms with van der Waals surface area (Å²) in [5.41, 5.74) is 11.1. The molecule has 0 amide bonds. The molecule has 0 spiro atoms. The summed E-state index contributed by atoms with van der Waals surface area (Å²) in [5, 5.41) is 3.91. The highest BCUT2D eigenvalue weighted by Gasteiger charge is 2.41. The minimum atomic E-state index is -1.74. The Morgan fingerprint density at radius 3 is 1.24 bits per heavy atom. The SMILES string of the molecule is CC(CC(N)(OC(=O)C(=O)OC(N)(CC(C)Oc1cccc2ccccc12)c1ccccc1)c1ccccc1)Oc1cccc2ccccc12. The van der Waals surface area contributed by atoms with E-state index in [-0.39, 0.29) is 12.8 Å². The Morgan fingerprint density at radius 2 is 0.840 bits per heavy atom. The lowest BCUT2D eigenvalue weighted by atomic mass is 9.97. The Hall–Kier alpha value is -5.70. The summed E-state index contributed by atoms with van der Waals surface area (Å²) in [4.78, 5) is 27.1. The van der Waals surface area contributed by atoms with Crippen LogP contribution in [0.3, 0.4) is 0 Å². The normalized spacial score (nSPS) is 14.9. The molecule has 0 bridgehead atoms. The van der Waals surface area contributed by atoms with Gasteiger partial charge in [-0.1, -0.05) is 133 Å². The lowest BCUT2D eigenvalue weighted by Gasteiger charge is -2.34. The molecule has 6 rings (SSSR count). The maximum atomic E-state index is 13.6. The van der Waals surface area contributed by atoms with Crippen LogP contribution in [0, 0.1) is 0 Å². The first kappa shape index (κ1) is 34.2. The molecule has 0 aliphatic rings. The third kappa shape index (κ3) is 7.78. The van der Waals surface area contributed by atoms with Crippen molar-refractivity contribution in [2.24, 2.45) is 11.5 Å². The number of fused-ring (bicyclic) bond motifs is 2. The number of carbonyl (C=O) groups excluding carboxylic acids is 2. The summed E-state index contributed by atoms with van der Waals surface area (Å²) < 4.78 is 24.3. The zero-order valence-corrected chi connectivity index (χ0v) is 28.0. The molecule has 0 radical (unpaired) electrons. The number of benzene rings is 6. The van der Waals surface area contributed by atoms with Gasteiger partial charge in [0.1, 0.15) is 23.7 Å². The van der Waals surface area contributed by atoms with E-state index in [1.54, 1.807) is 48.5 Å². The van der Waals surface area contributed by atoms with E-state index in [9.17, 15) is 9.59 Å². The van der Waals surface area contributed by atoms with Crippen LogP contribution in [0.1, 0.15) is 37.8 Å². The first-order valence-electron chi connectivity index (χ1n) is 16.6. The van der Waals surface area contributed by atoms with Crippen molar-refractivity contribution in [3.63, 3.8) is 0 Å². The second-order valence-corrected chi connectivity index (χ2v) is 12.5. The summed E-state index contributed by atoms with van der Waals surface area (Å²) in [5.74, 6) is -1.26. The van der Waals surface area contributed by atoms with Gasteiger partial charge in [0.2, 0.25) is 0 Å². The quantitative estimate of drug-likeness (QED) is 0.0772. The van der Waals surface area contributed by atoms with Crippen LogP contribution in [0.15, 0.2) is 146 Å². The van der Waals surface area contributed by atoms with E-state index in [0.29, 0.717) is 22.6 Å². The van der Waals surface area contributed by atoms with Crippen LogP contribution in [-0.4, -0.2) is 24.1 Å². The van der Waals surface area contributed by atoms with E-state index in [1.165, 1.54) is 0 Å². The summed E-state index contributed by atoms with van der Waals surface area (Å²) in [6.07, 6.45) is -0.997. The Morgan fingerprint density at radius 1 is 0.500 bits per heavy atom. The van der Waals surface area contributed by atoms with Gasteiger partial charge in [-0.15, -0.1) is 0 Å². The predicted octanol–water partition coefficient (Wildman–Crippen LogP) is 7.72. The van der Waals surface area contributed by atoms with Crippen LogP contribution >= 0.6 is 0 Å². The Balaban J connectivity index is 1.21. The third-order valence-corrected chi connectivity index (χ3v) is 8.58. The van der Waals surface area contributed by atoms with Crippen molar-refractivity contribution >= 4 is 33.5 Å². The smallest absolute Gasteiger partial charge is 0.419 e. The number of esters is 2. The minimum absolute atomic E-state index is 0.0294. The zero-order valence-electron chi connectivity index (χ0n) is 28.0. The van der Waals surface area contributed by atoms with Gasteiger partial charge in [-0.3, -0.25) is 11.5 Å². The lowest BCUT2D eigenvalue weighted by Crippen LogP contribution is -2.49. The second-order valence-electron chi connectivity index (χ2n) is 12.5. The topological polar surface area (TPSA) is 123 Å². The van der Waals surface area contributed by atoms with E-state index in [1.807, 2.05) is 111 Å². The lowest BCUT2D eigenvalue weighted by molar-refractivity contribution is -0.190. The summed E-state index contributed by atoms with van der Waals surface area (Å²) in [7, 11) is 0. The van der Waals surface area contributed by atoms with E-state index < -0.39 is 35.6 Å². The monoisotopic (exact) mass is 668 g/mol. The highest BCUT2D eigenvalue weighted by molar-refractivity contribution is 6.29. The molecule has 4 atom stereocenters. The number of nitrogens with two attached hydrogens (primary N) is 2. The van der Waals surface area contributed by atoms with Crippen molar-refractivity contribution in [2.75, 3.05) is 0 Å². The Kier molecular flexibility index (Phi) is 10.1. The largest absolute Gasteiger partial charge is 0.490 e. The third-order valence-electron chi connectivity index (χ3n) is 8.58. The molecule has 8 nitrogen and oxygen atoms in total. The summed E-state index contributed by atoms with van der Waals surface area (Å²) in [6.45, 7) is 3.66. The average Bonchev–Trinajstić information content (AvgIpc) is 3.12. The fourth-order valence-electron chi connectivity index (χ4n) is 6.26. The predicted molar refractivity (Wildman–Crippen MR) is 194 cm³/mol. The molecule has 6 aromatic rings. The van der Waals surface area contributed by atoms with Gasteiger partial charge in [0.25, 0.3) is 0 Å². The molecule has 0 aromatic heterocycles. The van der Waals surface area contributed by atoms with Gasteiger partial charge in [-0.2, -0.15) is 0 Å². The van der Waals surface area contributed by atoms with Crippen molar-refractivity contribution < 1.29 is 28.5 Å². The Labute approximate surface area is 291 Å². The van der Waals surface area contributed by atoms with Gasteiger partial charge >= 0.3 is 11.9 Å². The molecule has 0 heterocycles. The van der Waals surface area contributed by atoms with Crippen molar-refractivity contribution in [1.82, 2.24) is 0 Å². The van der Waals surface area contributed by atoms with Crippen LogP contribution in [0.5, 0.6) is 11.5 Å². The molecule has 4 N–H and O–H groups in total. The average molecular weight is 669 g/mol.